The van der Waals surface area contributed by atoms with Gasteiger partial charge in [-0.1, -0.05) is 36.4 Å². The molecular formula is C23H21N3O6. The molecule has 2 heterocycles. The SMILES string of the molecule is O=C(Nc1ccn([C@@H]2C[C@@H](OC(=O)c3ccccc3)[C@@H](CO)O2)c(=O)n1)c1ccccc1. The lowest BCUT2D eigenvalue weighted by Crippen LogP contribution is -2.30. The number of esters is 1. The van der Waals surface area contributed by atoms with E-state index < -0.39 is 30.1 Å². The number of aliphatic hydroxyl groups is 1. The zero-order chi connectivity index (χ0) is 22.5. The van der Waals surface area contributed by atoms with Gasteiger partial charge in [0.2, 0.25) is 0 Å². The van der Waals surface area contributed by atoms with Crippen LogP contribution in [0.1, 0.15) is 33.4 Å². The summed E-state index contributed by atoms with van der Waals surface area (Å²) in [7, 11) is 0. The number of carbonyl (C=O) groups is 2. The Morgan fingerprint density at radius 2 is 1.72 bits per heavy atom. The fourth-order valence-corrected chi connectivity index (χ4v) is 3.42. The van der Waals surface area contributed by atoms with Gasteiger partial charge in [0.25, 0.3) is 5.91 Å². The molecule has 0 spiro atoms. The Kier molecular flexibility index (Phi) is 6.39. The number of anilines is 1. The van der Waals surface area contributed by atoms with Gasteiger partial charge in [-0.15, -0.1) is 0 Å². The predicted octanol–water partition coefficient (Wildman–Crippen LogP) is 2.00. The lowest BCUT2D eigenvalue weighted by Gasteiger charge is -2.16. The third kappa shape index (κ3) is 4.74. The average molecular weight is 435 g/mol. The van der Waals surface area contributed by atoms with Crippen molar-refractivity contribution in [3.8, 4) is 0 Å². The van der Waals surface area contributed by atoms with Crippen molar-refractivity contribution < 1.29 is 24.2 Å². The van der Waals surface area contributed by atoms with E-state index in [0.717, 1.165) is 0 Å². The topological polar surface area (TPSA) is 120 Å². The van der Waals surface area contributed by atoms with Gasteiger partial charge in [0.1, 0.15) is 24.3 Å². The van der Waals surface area contributed by atoms with Gasteiger partial charge in [0, 0.05) is 18.2 Å². The molecule has 1 saturated heterocycles. The van der Waals surface area contributed by atoms with Crippen LogP contribution in [0.15, 0.2) is 77.7 Å². The molecule has 0 saturated carbocycles. The van der Waals surface area contributed by atoms with Crippen LogP contribution in [0.3, 0.4) is 0 Å². The van der Waals surface area contributed by atoms with Gasteiger partial charge >= 0.3 is 11.7 Å². The number of nitrogens with zero attached hydrogens (tertiary/aromatic N) is 2. The maximum Gasteiger partial charge on any atom is 0.351 e. The van der Waals surface area contributed by atoms with Crippen molar-refractivity contribution in [2.24, 2.45) is 0 Å². The molecule has 3 atom stereocenters. The molecule has 32 heavy (non-hydrogen) atoms. The van der Waals surface area contributed by atoms with E-state index in [1.54, 1.807) is 60.7 Å². The molecule has 9 heteroatoms. The lowest BCUT2D eigenvalue weighted by atomic mass is 10.1. The van der Waals surface area contributed by atoms with E-state index in [0.29, 0.717) is 11.1 Å². The van der Waals surface area contributed by atoms with Crippen molar-refractivity contribution in [1.29, 1.82) is 0 Å². The Balaban J connectivity index is 1.45. The molecule has 1 fully saturated rings. The number of ether oxygens (including phenoxy) is 2. The van der Waals surface area contributed by atoms with Crippen molar-refractivity contribution in [3.05, 3.63) is 94.5 Å². The van der Waals surface area contributed by atoms with Crippen LogP contribution in [0, 0.1) is 0 Å². The van der Waals surface area contributed by atoms with Gasteiger partial charge < -0.3 is 19.9 Å². The first-order valence-electron chi connectivity index (χ1n) is 10.0. The average Bonchev–Trinajstić information content (AvgIpc) is 3.22. The highest BCUT2D eigenvalue weighted by Crippen LogP contribution is 2.30. The summed E-state index contributed by atoms with van der Waals surface area (Å²) in [4.78, 5) is 41.0. The summed E-state index contributed by atoms with van der Waals surface area (Å²) in [5, 5.41) is 12.2. The van der Waals surface area contributed by atoms with Crippen LogP contribution in [0.25, 0.3) is 0 Å². The van der Waals surface area contributed by atoms with Crippen LogP contribution < -0.4 is 11.0 Å². The van der Waals surface area contributed by atoms with Gasteiger partial charge in [-0.2, -0.15) is 4.98 Å². The Morgan fingerprint density at radius 3 is 2.34 bits per heavy atom. The number of nitrogens with one attached hydrogen (secondary N) is 1. The molecule has 1 amide bonds. The number of rotatable bonds is 6. The van der Waals surface area contributed by atoms with Crippen LogP contribution in [0.4, 0.5) is 5.82 Å². The molecule has 2 N–H and O–H groups in total. The summed E-state index contributed by atoms with van der Waals surface area (Å²) in [5.41, 5.74) is 0.170. The zero-order valence-electron chi connectivity index (χ0n) is 17.0. The van der Waals surface area contributed by atoms with E-state index in [-0.39, 0.29) is 24.8 Å². The molecule has 1 aliphatic rings. The third-order valence-corrected chi connectivity index (χ3v) is 5.05. The molecule has 4 rings (SSSR count). The highest BCUT2D eigenvalue weighted by atomic mass is 16.6. The van der Waals surface area contributed by atoms with E-state index in [2.05, 4.69) is 10.3 Å². The molecule has 0 aliphatic carbocycles. The van der Waals surface area contributed by atoms with Crippen LogP contribution in [-0.2, 0) is 9.47 Å². The summed E-state index contributed by atoms with van der Waals surface area (Å²) >= 11 is 0. The van der Waals surface area contributed by atoms with E-state index in [1.807, 2.05) is 0 Å². The summed E-state index contributed by atoms with van der Waals surface area (Å²) in [6, 6.07) is 18.5. The Labute approximate surface area is 183 Å². The van der Waals surface area contributed by atoms with Crippen LogP contribution in [-0.4, -0.2) is 45.3 Å². The highest BCUT2D eigenvalue weighted by Gasteiger charge is 2.39. The molecule has 164 valence electrons. The minimum atomic E-state index is -0.781. The molecule has 0 bridgehead atoms. The first kappa shape index (κ1) is 21.4. The van der Waals surface area contributed by atoms with E-state index >= 15 is 0 Å². The molecule has 2 aromatic carbocycles. The fraction of sp³-hybridized carbons (Fsp3) is 0.217. The number of benzene rings is 2. The predicted molar refractivity (Wildman–Crippen MR) is 114 cm³/mol. The normalized spacial score (nSPS) is 20.0. The van der Waals surface area contributed by atoms with Crippen LogP contribution in [0.2, 0.25) is 0 Å². The summed E-state index contributed by atoms with van der Waals surface area (Å²) in [5.74, 6) is -0.827. The maximum absolute atomic E-state index is 12.5. The molecule has 3 aromatic rings. The van der Waals surface area contributed by atoms with E-state index in [9.17, 15) is 19.5 Å². The monoisotopic (exact) mass is 435 g/mol. The Morgan fingerprint density at radius 1 is 1.06 bits per heavy atom. The van der Waals surface area contributed by atoms with Gasteiger partial charge in [0.15, 0.2) is 0 Å². The van der Waals surface area contributed by atoms with Crippen LogP contribution in [0.5, 0.6) is 0 Å². The first-order chi connectivity index (χ1) is 15.5. The van der Waals surface area contributed by atoms with Crippen molar-refractivity contribution >= 4 is 17.7 Å². The van der Waals surface area contributed by atoms with Crippen LogP contribution >= 0.6 is 0 Å². The van der Waals surface area contributed by atoms with Crippen molar-refractivity contribution in [1.82, 2.24) is 9.55 Å². The summed E-state index contributed by atoms with van der Waals surface area (Å²) in [6.45, 7) is -0.378. The Bertz CT molecular complexity index is 1150. The zero-order valence-corrected chi connectivity index (χ0v) is 17.0. The smallest absolute Gasteiger partial charge is 0.351 e. The number of hydrogen-bond acceptors (Lipinski definition) is 7. The van der Waals surface area contributed by atoms with Gasteiger partial charge in [-0.25, -0.2) is 9.59 Å². The quantitative estimate of drug-likeness (QED) is 0.568. The second kappa shape index (κ2) is 9.54. The Hall–Kier alpha value is -3.82. The van der Waals surface area contributed by atoms with Gasteiger partial charge in [-0.3, -0.25) is 9.36 Å². The largest absolute Gasteiger partial charge is 0.456 e. The van der Waals surface area contributed by atoms with Gasteiger partial charge in [-0.05, 0) is 30.3 Å². The first-order valence-corrected chi connectivity index (χ1v) is 10.0. The fourth-order valence-electron chi connectivity index (χ4n) is 3.42. The second-order valence-electron chi connectivity index (χ2n) is 7.18. The third-order valence-electron chi connectivity index (χ3n) is 5.05. The molecule has 1 aromatic heterocycles. The molecule has 1 aliphatic heterocycles. The number of hydrogen-bond donors (Lipinski definition) is 2. The maximum atomic E-state index is 12.5. The minimum Gasteiger partial charge on any atom is -0.456 e. The number of carbonyl (C=O) groups excluding carboxylic acids is 2. The highest BCUT2D eigenvalue weighted by molar-refractivity contribution is 6.03. The molecule has 0 unspecified atom stereocenters. The summed E-state index contributed by atoms with van der Waals surface area (Å²) in [6.07, 6.45) is -0.684. The standard InChI is InChI=1S/C23H21N3O6/c27-14-18-17(32-22(29)16-9-5-2-6-10-16)13-20(31-18)26-12-11-19(25-23(26)30)24-21(28)15-7-3-1-4-8-15/h1-12,17-18,20,27H,13-14H2,(H,24,25,28,30)/t17-,18-,20+/m1/s1. The number of amides is 1. The number of aromatic nitrogens is 2. The van der Waals surface area contributed by atoms with Crippen molar-refractivity contribution in [2.45, 2.75) is 24.9 Å². The van der Waals surface area contributed by atoms with Crippen molar-refractivity contribution in [3.63, 3.8) is 0 Å². The molecule has 0 radical (unpaired) electrons. The van der Waals surface area contributed by atoms with E-state index in [4.69, 9.17) is 9.47 Å². The lowest BCUT2D eigenvalue weighted by molar-refractivity contribution is -0.0521. The number of aliphatic hydroxyl groups excluding tert-OH is 1. The molecular weight excluding hydrogens is 414 g/mol. The summed E-state index contributed by atoms with van der Waals surface area (Å²) < 4.78 is 12.5. The second-order valence-corrected chi connectivity index (χ2v) is 7.18. The minimum absolute atomic E-state index is 0.101. The van der Waals surface area contributed by atoms with Gasteiger partial charge in [0.05, 0.1) is 12.2 Å². The molecule has 9 nitrogen and oxygen atoms in total. The van der Waals surface area contributed by atoms with E-state index in [1.165, 1.54) is 16.8 Å². The van der Waals surface area contributed by atoms with Crippen molar-refractivity contribution in [2.75, 3.05) is 11.9 Å².